The van der Waals surface area contributed by atoms with E-state index in [2.05, 4.69) is 21.2 Å². The molecule has 0 spiro atoms. The van der Waals surface area contributed by atoms with E-state index in [0.29, 0.717) is 17.7 Å². The molecule has 0 radical (unpaired) electrons. The second-order valence-electron chi connectivity index (χ2n) is 4.67. The van der Waals surface area contributed by atoms with Crippen LogP contribution in [0.1, 0.15) is 17.2 Å². The quantitative estimate of drug-likeness (QED) is 0.865. The molecular formula is C16H16BrF2NO. The summed E-state index contributed by atoms with van der Waals surface area (Å²) in [7, 11) is 3.39. The molecule has 0 aromatic heterocycles. The summed E-state index contributed by atoms with van der Waals surface area (Å²) in [6.45, 7) is 0. The van der Waals surface area contributed by atoms with Gasteiger partial charge in [0.1, 0.15) is 17.4 Å². The first-order chi connectivity index (χ1) is 10.0. The highest BCUT2D eigenvalue weighted by atomic mass is 79.9. The predicted molar refractivity (Wildman–Crippen MR) is 82.6 cm³/mol. The van der Waals surface area contributed by atoms with Crippen LogP contribution in [0.2, 0.25) is 0 Å². The van der Waals surface area contributed by atoms with E-state index in [0.717, 1.165) is 16.1 Å². The molecule has 5 heteroatoms. The van der Waals surface area contributed by atoms with Crippen LogP contribution in [0, 0.1) is 11.6 Å². The van der Waals surface area contributed by atoms with E-state index < -0.39 is 11.6 Å². The van der Waals surface area contributed by atoms with Gasteiger partial charge in [-0.15, -0.1) is 0 Å². The van der Waals surface area contributed by atoms with Gasteiger partial charge in [0, 0.05) is 22.1 Å². The van der Waals surface area contributed by atoms with Gasteiger partial charge in [0.2, 0.25) is 0 Å². The Balaban J connectivity index is 2.32. The molecule has 0 fully saturated rings. The minimum Gasteiger partial charge on any atom is -0.496 e. The van der Waals surface area contributed by atoms with Gasteiger partial charge in [-0.2, -0.15) is 0 Å². The van der Waals surface area contributed by atoms with Crippen LogP contribution >= 0.6 is 15.9 Å². The molecule has 1 N–H and O–H groups in total. The van der Waals surface area contributed by atoms with Crippen LogP contribution in [-0.2, 0) is 6.42 Å². The van der Waals surface area contributed by atoms with Crippen LogP contribution in [-0.4, -0.2) is 14.2 Å². The normalized spacial score (nSPS) is 12.2. The Kier molecular flexibility index (Phi) is 5.31. The molecule has 0 heterocycles. The zero-order valence-corrected chi connectivity index (χ0v) is 13.4. The lowest BCUT2D eigenvalue weighted by Crippen LogP contribution is -2.20. The Labute approximate surface area is 131 Å². The van der Waals surface area contributed by atoms with Crippen LogP contribution < -0.4 is 10.1 Å². The molecular weight excluding hydrogens is 340 g/mol. The molecule has 2 rings (SSSR count). The van der Waals surface area contributed by atoms with Gasteiger partial charge < -0.3 is 10.1 Å². The number of rotatable bonds is 5. The van der Waals surface area contributed by atoms with Crippen molar-refractivity contribution in [2.75, 3.05) is 14.2 Å². The second kappa shape index (κ2) is 7.00. The molecule has 2 nitrogen and oxygen atoms in total. The molecule has 0 bridgehead atoms. The third kappa shape index (κ3) is 3.80. The summed E-state index contributed by atoms with van der Waals surface area (Å²) in [5.74, 6) is -0.393. The Bertz CT molecular complexity index is 634. The fourth-order valence-corrected chi connectivity index (χ4v) is 2.59. The summed E-state index contributed by atoms with van der Waals surface area (Å²) in [5.41, 5.74) is 1.38. The molecule has 0 saturated carbocycles. The molecule has 1 atom stereocenters. The Morgan fingerprint density at radius 1 is 1.19 bits per heavy atom. The Morgan fingerprint density at radius 3 is 2.57 bits per heavy atom. The molecule has 0 saturated heterocycles. The van der Waals surface area contributed by atoms with Crippen molar-refractivity contribution in [3.63, 3.8) is 0 Å². The van der Waals surface area contributed by atoms with Gasteiger partial charge in [-0.05, 0) is 37.2 Å². The largest absolute Gasteiger partial charge is 0.496 e. The van der Waals surface area contributed by atoms with Crippen molar-refractivity contribution in [1.29, 1.82) is 0 Å². The molecule has 112 valence electrons. The first-order valence-electron chi connectivity index (χ1n) is 6.49. The van der Waals surface area contributed by atoms with Gasteiger partial charge in [0.15, 0.2) is 0 Å². The maximum atomic E-state index is 13.8. The van der Waals surface area contributed by atoms with Gasteiger partial charge >= 0.3 is 0 Å². The second-order valence-corrected chi connectivity index (χ2v) is 5.58. The monoisotopic (exact) mass is 355 g/mol. The maximum absolute atomic E-state index is 13.8. The molecule has 2 aromatic rings. The summed E-state index contributed by atoms with van der Waals surface area (Å²) in [5, 5.41) is 3.15. The molecule has 0 amide bonds. The van der Waals surface area contributed by atoms with Crippen LogP contribution in [0.3, 0.4) is 0 Å². The number of likely N-dealkylation sites (N-methyl/N-ethyl adjacent to an activating group) is 1. The number of hydrogen-bond acceptors (Lipinski definition) is 2. The van der Waals surface area contributed by atoms with Crippen molar-refractivity contribution in [2.45, 2.75) is 12.5 Å². The smallest absolute Gasteiger partial charge is 0.129 e. The number of halogens is 3. The molecule has 1 unspecified atom stereocenters. The summed E-state index contributed by atoms with van der Waals surface area (Å²) < 4.78 is 33.1. The minimum absolute atomic E-state index is 0.131. The average Bonchev–Trinajstić information content (AvgIpc) is 2.47. The lowest BCUT2D eigenvalue weighted by molar-refractivity contribution is 0.400. The SMILES string of the molecule is CNC(Cc1ccc(F)cc1F)c1ccc(Br)cc1OC. The first kappa shape index (κ1) is 15.9. The number of nitrogens with one attached hydrogen (secondary N) is 1. The zero-order chi connectivity index (χ0) is 15.4. The van der Waals surface area contributed by atoms with Crippen molar-refractivity contribution in [3.05, 3.63) is 63.6 Å². The Hall–Kier alpha value is -1.46. The highest BCUT2D eigenvalue weighted by Gasteiger charge is 2.17. The van der Waals surface area contributed by atoms with Gasteiger partial charge in [0.25, 0.3) is 0 Å². The van der Waals surface area contributed by atoms with Crippen molar-refractivity contribution >= 4 is 15.9 Å². The van der Waals surface area contributed by atoms with E-state index in [4.69, 9.17) is 4.74 Å². The van der Waals surface area contributed by atoms with E-state index in [-0.39, 0.29) is 6.04 Å². The van der Waals surface area contributed by atoms with Crippen molar-refractivity contribution in [1.82, 2.24) is 5.32 Å². The van der Waals surface area contributed by atoms with Crippen molar-refractivity contribution in [3.8, 4) is 5.75 Å². The minimum atomic E-state index is -0.571. The van der Waals surface area contributed by atoms with E-state index in [1.165, 1.54) is 12.1 Å². The van der Waals surface area contributed by atoms with E-state index in [1.54, 1.807) is 14.2 Å². The third-order valence-corrected chi connectivity index (χ3v) is 3.85. The van der Waals surface area contributed by atoms with Gasteiger partial charge in [-0.25, -0.2) is 8.78 Å². The first-order valence-corrected chi connectivity index (χ1v) is 7.29. The van der Waals surface area contributed by atoms with E-state index >= 15 is 0 Å². The highest BCUT2D eigenvalue weighted by molar-refractivity contribution is 9.10. The van der Waals surface area contributed by atoms with Gasteiger partial charge in [0.05, 0.1) is 7.11 Å². The van der Waals surface area contributed by atoms with Crippen molar-refractivity contribution in [2.24, 2.45) is 0 Å². The third-order valence-electron chi connectivity index (χ3n) is 3.36. The fourth-order valence-electron chi connectivity index (χ4n) is 2.25. The molecule has 21 heavy (non-hydrogen) atoms. The maximum Gasteiger partial charge on any atom is 0.129 e. The van der Waals surface area contributed by atoms with E-state index in [9.17, 15) is 8.78 Å². The standard InChI is InChI=1S/C16H16BrF2NO/c1-20-15(7-10-3-5-12(18)9-14(10)19)13-6-4-11(17)8-16(13)21-2/h3-6,8-9,15,20H,7H2,1-2H3. The summed E-state index contributed by atoms with van der Waals surface area (Å²) in [6.07, 6.45) is 0.403. The summed E-state index contributed by atoms with van der Waals surface area (Å²) >= 11 is 3.39. The van der Waals surface area contributed by atoms with Crippen molar-refractivity contribution < 1.29 is 13.5 Å². The molecule has 2 aromatic carbocycles. The summed E-state index contributed by atoms with van der Waals surface area (Å²) in [4.78, 5) is 0. The van der Waals surface area contributed by atoms with Crippen LogP contribution in [0.5, 0.6) is 5.75 Å². The van der Waals surface area contributed by atoms with Gasteiger partial charge in [-0.1, -0.05) is 28.1 Å². The van der Waals surface area contributed by atoms with Gasteiger partial charge in [-0.3, -0.25) is 0 Å². The number of benzene rings is 2. The van der Waals surface area contributed by atoms with E-state index in [1.807, 2.05) is 18.2 Å². The number of ether oxygens (including phenoxy) is 1. The molecule has 0 aliphatic heterocycles. The van der Waals surface area contributed by atoms with Crippen LogP contribution in [0.25, 0.3) is 0 Å². The Morgan fingerprint density at radius 2 is 1.95 bits per heavy atom. The fraction of sp³-hybridized carbons (Fsp3) is 0.250. The predicted octanol–water partition coefficient (Wildman–Crippen LogP) is 4.24. The van der Waals surface area contributed by atoms with Crippen LogP contribution in [0.15, 0.2) is 40.9 Å². The lowest BCUT2D eigenvalue weighted by Gasteiger charge is -2.20. The molecule has 0 aliphatic rings. The van der Waals surface area contributed by atoms with Crippen LogP contribution in [0.4, 0.5) is 8.78 Å². The average molecular weight is 356 g/mol. The zero-order valence-electron chi connectivity index (χ0n) is 11.8. The lowest BCUT2D eigenvalue weighted by atomic mass is 9.98. The topological polar surface area (TPSA) is 21.3 Å². The number of hydrogen-bond donors (Lipinski definition) is 1. The highest BCUT2D eigenvalue weighted by Crippen LogP contribution is 2.30. The summed E-state index contributed by atoms with van der Waals surface area (Å²) in [6, 6.07) is 9.20. The number of methoxy groups -OCH3 is 1. The molecule has 0 aliphatic carbocycles.